The summed E-state index contributed by atoms with van der Waals surface area (Å²) in [6.45, 7) is 5.05. The highest BCUT2D eigenvalue weighted by Crippen LogP contribution is 2.08. The van der Waals surface area contributed by atoms with E-state index in [9.17, 15) is 0 Å². The van der Waals surface area contributed by atoms with Crippen LogP contribution in [0.4, 0.5) is 0 Å². The van der Waals surface area contributed by atoms with Gasteiger partial charge >= 0.3 is 0 Å². The first-order chi connectivity index (χ1) is 8.38. The van der Waals surface area contributed by atoms with Crippen molar-refractivity contribution in [3.63, 3.8) is 0 Å². The van der Waals surface area contributed by atoms with Crippen molar-refractivity contribution >= 4 is 11.8 Å². The molecule has 17 heavy (non-hydrogen) atoms. The van der Waals surface area contributed by atoms with Crippen LogP contribution < -0.4 is 0 Å². The zero-order valence-corrected chi connectivity index (χ0v) is 11.1. The lowest BCUT2D eigenvalue weighted by Crippen LogP contribution is -2.36. The van der Waals surface area contributed by atoms with Crippen LogP contribution in [0.1, 0.15) is 12.0 Å². The van der Waals surface area contributed by atoms with Crippen molar-refractivity contribution in [2.75, 3.05) is 39.1 Å². The predicted octanol–water partition coefficient (Wildman–Crippen LogP) is 1.46. The number of aryl methyl sites for hydroxylation is 1. The van der Waals surface area contributed by atoms with E-state index in [2.05, 4.69) is 14.9 Å². The summed E-state index contributed by atoms with van der Waals surface area (Å²) >= 11 is 1.58. The van der Waals surface area contributed by atoms with E-state index >= 15 is 0 Å². The first-order valence-electron chi connectivity index (χ1n) is 6.03. The minimum atomic E-state index is 0.849. The molecule has 5 heteroatoms. The third-order valence-electron chi connectivity index (χ3n) is 2.91. The van der Waals surface area contributed by atoms with Crippen molar-refractivity contribution < 1.29 is 4.74 Å². The molecule has 1 aromatic rings. The normalized spacial score (nSPS) is 17.2. The molecule has 94 valence electrons. The predicted molar refractivity (Wildman–Crippen MR) is 69.4 cm³/mol. The number of morpholine rings is 1. The lowest BCUT2D eigenvalue weighted by atomic mass is 10.2. The second-order valence-corrected chi connectivity index (χ2v) is 4.91. The van der Waals surface area contributed by atoms with E-state index in [1.165, 1.54) is 12.0 Å². The molecule has 1 aliphatic heterocycles. The molecule has 0 aliphatic carbocycles. The molecule has 1 aliphatic rings. The van der Waals surface area contributed by atoms with E-state index in [1.807, 2.05) is 18.6 Å². The second kappa shape index (κ2) is 6.93. The van der Waals surface area contributed by atoms with Gasteiger partial charge in [0.25, 0.3) is 0 Å². The quantitative estimate of drug-likeness (QED) is 0.587. The van der Waals surface area contributed by atoms with Crippen LogP contribution in [0.3, 0.4) is 0 Å². The van der Waals surface area contributed by atoms with E-state index in [0.29, 0.717) is 0 Å². The van der Waals surface area contributed by atoms with Crippen LogP contribution in [0.2, 0.25) is 0 Å². The highest BCUT2D eigenvalue weighted by molar-refractivity contribution is 7.98. The Bertz CT molecular complexity index is 325. The van der Waals surface area contributed by atoms with Crippen molar-refractivity contribution in [1.29, 1.82) is 0 Å². The zero-order chi connectivity index (χ0) is 11.9. The number of hydrogen-bond donors (Lipinski definition) is 0. The molecule has 0 spiro atoms. The molecule has 2 rings (SSSR count). The molecule has 0 atom stereocenters. The average Bonchev–Trinajstić information content (AvgIpc) is 2.41. The number of ether oxygens (including phenoxy) is 1. The Morgan fingerprint density at radius 3 is 2.65 bits per heavy atom. The van der Waals surface area contributed by atoms with Gasteiger partial charge in [0.05, 0.1) is 13.2 Å². The monoisotopic (exact) mass is 253 g/mol. The summed E-state index contributed by atoms with van der Waals surface area (Å²) in [6, 6.07) is 0. The van der Waals surface area contributed by atoms with Crippen molar-refractivity contribution in [2.45, 2.75) is 18.0 Å². The van der Waals surface area contributed by atoms with Gasteiger partial charge in [0, 0.05) is 25.5 Å². The molecular weight excluding hydrogens is 234 g/mol. The molecule has 1 saturated heterocycles. The smallest absolute Gasteiger partial charge is 0.187 e. The molecule has 2 heterocycles. The van der Waals surface area contributed by atoms with Gasteiger partial charge in [0.15, 0.2) is 5.16 Å². The maximum atomic E-state index is 5.33. The summed E-state index contributed by atoms with van der Waals surface area (Å²) in [5.74, 6) is 0. The molecule has 1 aromatic heterocycles. The minimum Gasteiger partial charge on any atom is -0.379 e. The largest absolute Gasteiger partial charge is 0.379 e. The first-order valence-corrected chi connectivity index (χ1v) is 7.26. The fourth-order valence-electron chi connectivity index (χ4n) is 1.91. The summed E-state index contributed by atoms with van der Waals surface area (Å²) in [7, 11) is 0. The molecule has 0 N–H and O–H groups in total. The van der Waals surface area contributed by atoms with Crippen molar-refractivity contribution in [3.05, 3.63) is 18.0 Å². The van der Waals surface area contributed by atoms with Gasteiger partial charge < -0.3 is 4.74 Å². The Kier molecular flexibility index (Phi) is 5.22. The van der Waals surface area contributed by atoms with Crippen molar-refractivity contribution in [1.82, 2.24) is 14.9 Å². The van der Waals surface area contributed by atoms with Crippen LogP contribution in [0.5, 0.6) is 0 Å². The number of thioether (sulfide) groups is 1. The van der Waals surface area contributed by atoms with E-state index in [-0.39, 0.29) is 0 Å². The van der Waals surface area contributed by atoms with Crippen molar-refractivity contribution in [2.24, 2.45) is 0 Å². The van der Waals surface area contributed by atoms with E-state index < -0.39 is 0 Å². The van der Waals surface area contributed by atoms with Crippen LogP contribution in [-0.4, -0.2) is 54.0 Å². The van der Waals surface area contributed by atoms with Gasteiger partial charge in [-0.3, -0.25) is 4.90 Å². The fourth-order valence-corrected chi connectivity index (χ4v) is 2.23. The molecule has 0 saturated carbocycles. The molecule has 0 unspecified atom stereocenters. The van der Waals surface area contributed by atoms with Crippen LogP contribution in [0, 0.1) is 0 Å². The van der Waals surface area contributed by atoms with Gasteiger partial charge in [-0.25, -0.2) is 9.97 Å². The highest BCUT2D eigenvalue weighted by Gasteiger charge is 2.09. The summed E-state index contributed by atoms with van der Waals surface area (Å²) in [5, 5.41) is 0.849. The van der Waals surface area contributed by atoms with Crippen LogP contribution in [-0.2, 0) is 11.2 Å². The summed E-state index contributed by atoms with van der Waals surface area (Å²) in [6.07, 6.45) is 8.11. The Morgan fingerprint density at radius 1 is 1.29 bits per heavy atom. The fraction of sp³-hybridized carbons (Fsp3) is 0.667. The van der Waals surface area contributed by atoms with Crippen LogP contribution in [0.15, 0.2) is 17.6 Å². The molecule has 0 bridgehead atoms. The third-order valence-corrected chi connectivity index (χ3v) is 3.48. The third kappa shape index (κ3) is 4.26. The van der Waals surface area contributed by atoms with Gasteiger partial charge in [-0.1, -0.05) is 11.8 Å². The van der Waals surface area contributed by atoms with Crippen LogP contribution in [0.25, 0.3) is 0 Å². The van der Waals surface area contributed by atoms with E-state index in [4.69, 9.17) is 4.74 Å². The minimum absolute atomic E-state index is 0.849. The molecule has 1 fully saturated rings. The van der Waals surface area contributed by atoms with E-state index in [0.717, 1.165) is 44.4 Å². The second-order valence-electron chi connectivity index (χ2n) is 4.14. The Labute approximate surface area is 107 Å². The Balaban J connectivity index is 1.69. The zero-order valence-electron chi connectivity index (χ0n) is 10.3. The number of nitrogens with zero attached hydrogens (tertiary/aromatic N) is 3. The molecule has 4 nitrogen and oxygen atoms in total. The van der Waals surface area contributed by atoms with Gasteiger partial charge in [-0.15, -0.1) is 0 Å². The average molecular weight is 253 g/mol. The van der Waals surface area contributed by atoms with Gasteiger partial charge in [-0.2, -0.15) is 0 Å². The molecular formula is C12H19N3OS. The molecule has 0 amide bonds. The number of aromatic nitrogens is 2. The first kappa shape index (κ1) is 12.8. The maximum Gasteiger partial charge on any atom is 0.187 e. The SMILES string of the molecule is CSc1ncc(CCCN2CCOCC2)cn1. The van der Waals surface area contributed by atoms with Crippen molar-refractivity contribution in [3.8, 4) is 0 Å². The van der Waals surface area contributed by atoms with Gasteiger partial charge in [-0.05, 0) is 31.2 Å². The number of rotatable bonds is 5. The summed E-state index contributed by atoms with van der Waals surface area (Å²) in [5.41, 5.74) is 1.23. The maximum absolute atomic E-state index is 5.33. The molecule has 0 aromatic carbocycles. The lowest BCUT2D eigenvalue weighted by molar-refractivity contribution is 0.0374. The van der Waals surface area contributed by atoms with E-state index in [1.54, 1.807) is 11.8 Å². The Morgan fingerprint density at radius 2 is 2.00 bits per heavy atom. The Hall–Kier alpha value is -0.650. The standard InChI is InChI=1S/C12H19N3OS/c1-17-12-13-9-11(10-14-12)3-2-4-15-5-7-16-8-6-15/h9-10H,2-8H2,1H3. The number of hydrogen-bond acceptors (Lipinski definition) is 5. The molecule has 0 radical (unpaired) electrons. The van der Waals surface area contributed by atoms with Crippen LogP contribution >= 0.6 is 11.8 Å². The van der Waals surface area contributed by atoms with Gasteiger partial charge in [0.2, 0.25) is 0 Å². The highest BCUT2D eigenvalue weighted by atomic mass is 32.2. The lowest BCUT2D eigenvalue weighted by Gasteiger charge is -2.26. The topological polar surface area (TPSA) is 38.2 Å². The summed E-state index contributed by atoms with van der Waals surface area (Å²) in [4.78, 5) is 11.0. The summed E-state index contributed by atoms with van der Waals surface area (Å²) < 4.78 is 5.33. The van der Waals surface area contributed by atoms with Gasteiger partial charge in [0.1, 0.15) is 0 Å².